The molecule has 0 spiro atoms. The second-order valence-electron chi connectivity index (χ2n) is 6.05. The zero-order valence-electron chi connectivity index (χ0n) is 13.9. The Hall–Kier alpha value is -1.61. The highest BCUT2D eigenvalue weighted by Gasteiger charge is 2.28. The van der Waals surface area contributed by atoms with Gasteiger partial charge in [0.05, 0.1) is 11.4 Å². The Bertz CT molecular complexity index is 683. The summed E-state index contributed by atoms with van der Waals surface area (Å²) in [5.41, 5.74) is 3.00. The summed E-state index contributed by atoms with van der Waals surface area (Å²) in [5, 5.41) is 12.4. The Morgan fingerprint density at radius 3 is 2.70 bits per heavy atom. The van der Waals surface area contributed by atoms with Crippen LogP contribution in [0.2, 0.25) is 0 Å². The van der Waals surface area contributed by atoms with Crippen molar-refractivity contribution in [2.24, 2.45) is 11.1 Å². The Kier molecular flexibility index (Phi) is 5.30. The van der Waals surface area contributed by atoms with Gasteiger partial charge in [-0.3, -0.25) is 4.68 Å². The maximum absolute atomic E-state index is 12.2. The van der Waals surface area contributed by atoms with Crippen LogP contribution in [0.1, 0.15) is 30.3 Å². The fraction of sp³-hybridized carbons (Fsp3) is 0.714. The van der Waals surface area contributed by atoms with Crippen LogP contribution >= 0.6 is 0 Å². The third-order valence-corrected chi connectivity index (χ3v) is 5.22. The molecule has 2 heterocycles. The van der Waals surface area contributed by atoms with Gasteiger partial charge in [0, 0.05) is 37.4 Å². The van der Waals surface area contributed by atoms with Crippen LogP contribution in [0.4, 0.5) is 4.79 Å². The third kappa shape index (κ3) is 4.44. The maximum Gasteiger partial charge on any atom is 0.317 e. The van der Waals surface area contributed by atoms with Gasteiger partial charge >= 0.3 is 6.03 Å². The molecule has 1 aliphatic heterocycles. The molecule has 0 radical (unpaired) electrons. The number of nitrogens with two attached hydrogens (primary N) is 1. The number of sulfonamides is 1. The average molecular weight is 343 g/mol. The summed E-state index contributed by atoms with van der Waals surface area (Å²) in [7, 11) is -3.49. The van der Waals surface area contributed by atoms with Crippen molar-refractivity contribution in [3.8, 4) is 0 Å². The molecule has 1 fully saturated rings. The summed E-state index contributed by atoms with van der Waals surface area (Å²) >= 11 is 0. The van der Waals surface area contributed by atoms with Gasteiger partial charge in [0.2, 0.25) is 10.0 Å². The highest BCUT2D eigenvalue weighted by Crippen LogP contribution is 2.18. The van der Waals surface area contributed by atoms with E-state index in [0.717, 1.165) is 23.5 Å². The van der Waals surface area contributed by atoms with Crippen molar-refractivity contribution in [2.45, 2.75) is 40.3 Å². The highest BCUT2D eigenvalue weighted by molar-refractivity contribution is 7.89. The van der Waals surface area contributed by atoms with Crippen LogP contribution in [0.25, 0.3) is 0 Å². The minimum Gasteiger partial charge on any atom is -0.334 e. The van der Waals surface area contributed by atoms with Gasteiger partial charge in [-0.25, -0.2) is 18.4 Å². The van der Waals surface area contributed by atoms with Crippen molar-refractivity contribution < 1.29 is 13.2 Å². The molecule has 2 rings (SSSR count). The van der Waals surface area contributed by atoms with Gasteiger partial charge in [-0.1, -0.05) is 0 Å². The Morgan fingerprint density at radius 2 is 2.13 bits per heavy atom. The number of hydrogen-bond donors (Lipinski definition) is 2. The Labute approximate surface area is 137 Å². The first-order valence-electron chi connectivity index (χ1n) is 7.77. The molecule has 0 bridgehead atoms. The number of amides is 2. The van der Waals surface area contributed by atoms with E-state index in [-0.39, 0.29) is 17.7 Å². The first kappa shape index (κ1) is 17.7. The second kappa shape index (κ2) is 6.88. The fourth-order valence-corrected chi connectivity index (χ4v) is 3.98. The number of likely N-dealkylation sites (tertiary alicyclic amines) is 1. The first-order chi connectivity index (χ1) is 10.7. The molecule has 1 aliphatic rings. The number of carbonyl (C=O) groups excluding carboxylic acids is 1. The maximum atomic E-state index is 12.2. The number of hydrogen-bond acceptors (Lipinski definition) is 4. The molecule has 1 atom stereocenters. The topological polar surface area (TPSA) is 110 Å². The molecule has 1 aromatic heterocycles. The molecule has 130 valence electrons. The van der Waals surface area contributed by atoms with Crippen molar-refractivity contribution in [3.05, 3.63) is 17.0 Å². The normalized spacial score (nSPS) is 18.4. The van der Waals surface area contributed by atoms with Crippen LogP contribution in [-0.2, 0) is 23.1 Å². The molecule has 0 saturated carbocycles. The molecule has 3 N–H and O–H groups in total. The molecule has 0 aromatic carbocycles. The lowest BCUT2D eigenvalue weighted by Crippen LogP contribution is -2.38. The summed E-state index contributed by atoms with van der Waals surface area (Å²) in [6, 6.07) is -0.176. The van der Waals surface area contributed by atoms with E-state index in [1.807, 2.05) is 25.5 Å². The minimum absolute atomic E-state index is 0.0712. The summed E-state index contributed by atoms with van der Waals surface area (Å²) in [5.74, 6) is -0.153. The van der Waals surface area contributed by atoms with Crippen molar-refractivity contribution in [1.29, 1.82) is 0 Å². The summed E-state index contributed by atoms with van der Waals surface area (Å²) in [6.45, 7) is 8.14. The van der Waals surface area contributed by atoms with E-state index in [1.54, 1.807) is 4.90 Å². The Morgan fingerprint density at radius 1 is 1.43 bits per heavy atom. The molecule has 2 amide bonds. The standard InChI is InChI=1S/C14H25N5O3S/c1-4-19-11(3)13(10(2)17-19)7-16-14(20)18-6-5-12(8-18)9-23(15,21)22/h12H,4-9H2,1-3H3,(H,16,20)(H2,15,21,22). The van der Waals surface area contributed by atoms with Crippen LogP contribution in [-0.4, -0.2) is 48.0 Å². The van der Waals surface area contributed by atoms with Crippen LogP contribution in [0.15, 0.2) is 0 Å². The van der Waals surface area contributed by atoms with E-state index in [2.05, 4.69) is 10.4 Å². The molecular weight excluding hydrogens is 318 g/mol. The van der Waals surface area contributed by atoms with Gasteiger partial charge in [0.15, 0.2) is 0 Å². The molecule has 1 aromatic rings. The molecule has 1 unspecified atom stereocenters. The lowest BCUT2D eigenvalue weighted by molar-refractivity contribution is 0.207. The second-order valence-corrected chi connectivity index (χ2v) is 7.71. The number of carbonyl (C=O) groups is 1. The quantitative estimate of drug-likeness (QED) is 0.803. The molecule has 0 aliphatic carbocycles. The molecular formula is C14H25N5O3S. The smallest absolute Gasteiger partial charge is 0.317 e. The van der Waals surface area contributed by atoms with E-state index in [9.17, 15) is 13.2 Å². The van der Waals surface area contributed by atoms with Gasteiger partial charge in [-0.15, -0.1) is 0 Å². The van der Waals surface area contributed by atoms with Gasteiger partial charge in [-0.2, -0.15) is 5.10 Å². The monoisotopic (exact) mass is 343 g/mol. The molecule has 8 nitrogen and oxygen atoms in total. The van der Waals surface area contributed by atoms with E-state index in [1.165, 1.54) is 0 Å². The fourth-order valence-electron chi connectivity index (χ4n) is 3.06. The van der Waals surface area contributed by atoms with Crippen molar-refractivity contribution >= 4 is 16.1 Å². The molecule has 23 heavy (non-hydrogen) atoms. The van der Waals surface area contributed by atoms with Crippen LogP contribution in [0.3, 0.4) is 0 Å². The number of aromatic nitrogens is 2. The zero-order valence-corrected chi connectivity index (χ0v) is 14.7. The average Bonchev–Trinajstić information content (AvgIpc) is 3.00. The van der Waals surface area contributed by atoms with Crippen molar-refractivity contribution in [2.75, 3.05) is 18.8 Å². The van der Waals surface area contributed by atoms with E-state index in [4.69, 9.17) is 5.14 Å². The SMILES string of the molecule is CCn1nc(C)c(CNC(=O)N2CCC(CS(N)(=O)=O)C2)c1C. The van der Waals surface area contributed by atoms with Gasteiger partial charge < -0.3 is 10.2 Å². The Balaban J connectivity index is 1.90. The zero-order chi connectivity index (χ0) is 17.2. The first-order valence-corrected chi connectivity index (χ1v) is 9.49. The number of nitrogens with zero attached hydrogens (tertiary/aromatic N) is 3. The number of urea groups is 1. The number of primary sulfonamides is 1. The van der Waals surface area contributed by atoms with Gasteiger partial charge in [0.25, 0.3) is 0 Å². The van der Waals surface area contributed by atoms with Crippen LogP contribution < -0.4 is 10.5 Å². The number of nitrogens with one attached hydrogen (secondary N) is 1. The molecule has 1 saturated heterocycles. The highest BCUT2D eigenvalue weighted by atomic mass is 32.2. The van der Waals surface area contributed by atoms with E-state index >= 15 is 0 Å². The predicted octanol–water partition coefficient (Wildman–Crippen LogP) is 0.340. The van der Waals surface area contributed by atoms with Gasteiger partial charge in [0.1, 0.15) is 0 Å². The summed E-state index contributed by atoms with van der Waals surface area (Å²) < 4.78 is 24.2. The van der Waals surface area contributed by atoms with E-state index < -0.39 is 10.0 Å². The van der Waals surface area contributed by atoms with Crippen molar-refractivity contribution in [3.63, 3.8) is 0 Å². The molecule has 9 heteroatoms. The lowest BCUT2D eigenvalue weighted by Gasteiger charge is -2.17. The minimum atomic E-state index is -3.49. The van der Waals surface area contributed by atoms with Crippen molar-refractivity contribution in [1.82, 2.24) is 20.0 Å². The summed E-state index contributed by atoms with van der Waals surface area (Å²) in [4.78, 5) is 13.9. The number of rotatable bonds is 5. The van der Waals surface area contributed by atoms with Crippen LogP contribution in [0, 0.1) is 19.8 Å². The largest absolute Gasteiger partial charge is 0.334 e. The van der Waals surface area contributed by atoms with Crippen LogP contribution in [0.5, 0.6) is 0 Å². The summed E-state index contributed by atoms with van der Waals surface area (Å²) in [6.07, 6.45) is 0.662. The third-order valence-electron chi connectivity index (χ3n) is 4.29. The lowest BCUT2D eigenvalue weighted by atomic mass is 10.2. The number of aryl methyl sites for hydroxylation is 2. The van der Waals surface area contributed by atoms with E-state index in [0.29, 0.717) is 26.1 Å². The predicted molar refractivity (Wildman–Crippen MR) is 87.3 cm³/mol. The van der Waals surface area contributed by atoms with Gasteiger partial charge in [-0.05, 0) is 33.1 Å².